The second-order valence-electron chi connectivity index (χ2n) is 4.55. The van der Waals surface area contributed by atoms with Crippen molar-refractivity contribution in [2.75, 3.05) is 6.67 Å². The van der Waals surface area contributed by atoms with Gasteiger partial charge in [-0.2, -0.15) is 0 Å². The number of nitrogens with one attached hydrogen (secondary N) is 2. The summed E-state index contributed by atoms with van der Waals surface area (Å²) < 4.78 is 12.7. The smallest absolute Gasteiger partial charge is 0.239 e. The molecule has 0 spiro atoms. The largest absolute Gasteiger partial charge is 0.492 e. The van der Waals surface area contributed by atoms with Crippen LogP contribution in [0.1, 0.15) is 11.6 Å². The monoisotopic (exact) mass is 304 g/mol. The second-order valence-corrected chi connectivity index (χ2v) is 4.55. The number of fused-ring (bicyclic) bond motifs is 1. The van der Waals surface area contributed by atoms with E-state index in [1.165, 1.54) is 6.33 Å². The van der Waals surface area contributed by atoms with Crippen molar-refractivity contribution >= 4 is 23.4 Å². The predicted octanol–water partition coefficient (Wildman–Crippen LogP) is -0.211. The number of aliphatic hydroxyl groups excluding tert-OH is 2. The molecule has 5 N–H and O–H groups in total. The maximum Gasteiger partial charge on any atom is 0.239 e. The van der Waals surface area contributed by atoms with Crippen molar-refractivity contribution in [3.05, 3.63) is 18.1 Å². The van der Waals surface area contributed by atoms with Crippen molar-refractivity contribution in [3.8, 4) is 5.88 Å². The number of aromatic amines is 1. The van der Waals surface area contributed by atoms with E-state index < -0.39 is 31.0 Å². The van der Waals surface area contributed by atoms with Crippen molar-refractivity contribution in [3.63, 3.8) is 0 Å². The zero-order valence-corrected chi connectivity index (χ0v) is 11.0. The summed E-state index contributed by atoms with van der Waals surface area (Å²) in [5, 5.41) is 32.1. The first kappa shape index (κ1) is 14.9. The lowest BCUT2D eigenvalue weighted by Crippen LogP contribution is -2.34. The van der Waals surface area contributed by atoms with Gasteiger partial charge in [0.05, 0.1) is 18.2 Å². The Morgan fingerprint density at radius 3 is 2.65 bits per heavy atom. The molecule has 1 saturated heterocycles. The summed E-state index contributed by atoms with van der Waals surface area (Å²) in [5.74, 6) is -0.202. The van der Waals surface area contributed by atoms with Crippen LogP contribution in [0.2, 0.25) is 0 Å². The molecule has 0 radical (unpaired) electrons. The lowest BCUT2D eigenvalue weighted by atomic mass is 10.0. The molecule has 0 saturated carbocycles. The van der Waals surface area contributed by atoms with Gasteiger partial charge in [-0.1, -0.05) is 0 Å². The Morgan fingerprint density at radius 2 is 2.00 bits per heavy atom. The molecule has 110 valence electrons. The van der Waals surface area contributed by atoms with Gasteiger partial charge in [0, 0.05) is 11.8 Å². The zero-order valence-electron chi connectivity index (χ0n) is 10.2. The minimum Gasteiger partial charge on any atom is -0.492 e. The van der Waals surface area contributed by atoms with Crippen molar-refractivity contribution < 1.29 is 19.7 Å². The molecule has 9 heteroatoms. The highest BCUT2D eigenvalue weighted by atomic mass is 35.5. The van der Waals surface area contributed by atoms with Gasteiger partial charge in [0.1, 0.15) is 30.1 Å². The summed E-state index contributed by atoms with van der Waals surface area (Å²) in [6, 6.07) is -1.47. The number of aliphatic hydroxyl groups is 2. The van der Waals surface area contributed by atoms with Crippen LogP contribution in [-0.2, 0) is 0 Å². The van der Waals surface area contributed by atoms with Gasteiger partial charge in [-0.15, -0.1) is 12.4 Å². The van der Waals surface area contributed by atoms with Crippen LogP contribution in [0, 0.1) is 0 Å². The highest BCUT2D eigenvalue weighted by Crippen LogP contribution is 2.33. The molecule has 3 rings (SSSR count). The third-order valence-corrected chi connectivity index (χ3v) is 3.47. The van der Waals surface area contributed by atoms with Crippen molar-refractivity contribution in [1.29, 1.82) is 0 Å². The fourth-order valence-electron chi connectivity index (χ4n) is 2.46. The van der Waals surface area contributed by atoms with E-state index in [1.54, 1.807) is 6.20 Å². The van der Waals surface area contributed by atoms with E-state index in [1.807, 2.05) is 0 Å². The molecule has 2 aromatic heterocycles. The number of nitrogens with zero attached hydrogens (tertiary/aromatic N) is 2. The van der Waals surface area contributed by atoms with Crippen LogP contribution in [0.5, 0.6) is 5.88 Å². The molecule has 4 atom stereocenters. The minimum atomic E-state index is -1.18. The molecule has 0 bridgehead atoms. The number of alkyl halides is 1. The Labute approximate surface area is 119 Å². The SMILES string of the molecule is Cl.Oc1ncnc2c([C@@H]3N[C@H](CF)[C@@H](O)[C@H]3O)c[nH]c12. The molecule has 7 nitrogen and oxygen atoms in total. The van der Waals surface area contributed by atoms with Crippen LogP contribution in [0.4, 0.5) is 4.39 Å². The second kappa shape index (κ2) is 5.49. The number of hydrogen-bond acceptors (Lipinski definition) is 6. The van der Waals surface area contributed by atoms with Gasteiger partial charge in [0.2, 0.25) is 5.88 Å². The summed E-state index contributed by atoms with van der Waals surface area (Å²) in [7, 11) is 0. The number of aromatic hydroxyl groups is 1. The standard InChI is InChI=1S/C11H13FN4O3.ClH/c12-1-5-9(17)10(18)7(16-5)4-2-13-8-6(4)14-3-15-11(8)19;/h2-3,5,7,9-10,13,16-18H,1H2,(H,14,15,19);1H/t5-,7+,9-,10+;/m1./s1. The van der Waals surface area contributed by atoms with E-state index >= 15 is 0 Å². The highest BCUT2D eigenvalue weighted by Gasteiger charge is 2.42. The summed E-state index contributed by atoms with van der Waals surface area (Å²) in [5.41, 5.74) is 1.32. The molecule has 0 aromatic carbocycles. The summed E-state index contributed by atoms with van der Waals surface area (Å²) in [6.07, 6.45) is 0.416. The topological polar surface area (TPSA) is 114 Å². The molecule has 20 heavy (non-hydrogen) atoms. The molecule has 1 aliphatic heterocycles. The number of H-pyrrole nitrogens is 1. The van der Waals surface area contributed by atoms with E-state index in [0.717, 1.165) is 0 Å². The normalized spacial score (nSPS) is 29.6. The van der Waals surface area contributed by atoms with E-state index in [2.05, 4.69) is 20.3 Å². The number of halogens is 2. The van der Waals surface area contributed by atoms with Crippen LogP contribution in [0.3, 0.4) is 0 Å². The lowest BCUT2D eigenvalue weighted by Gasteiger charge is -2.14. The Kier molecular flexibility index (Phi) is 4.09. The third-order valence-electron chi connectivity index (χ3n) is 3.47. The minimum absolute atomic E-state index is 0. The van der Waals surface area contributed by atoms with Gasteiger partial charge in [0.15, 0.2) is 0 Å². The maximum absolute atomic E-state index is 12.7. The number of rotatable bonds is 2. The van der Waals surface area contributed by atoms with Gasteiger partial charge < -0.3 is 20.3 Å². The van der Waals surface area contributed by atoms with Crippen LogP contribution < -0.4 is 5.32 Å². The van der Waals surface area contributed by atoms with Crippen molar-refractivity contribution in [1.82, 2.24) is 20.3 Å². The average molecular weight is 305 g/mol. The van der Waals surface area contributed by atoms with Crippen molar-refractivity contribution in [2.24, 2.45) is 0 Å². The summed E-state index contributed by atoms with van der Waals surface area (Å²) in [6.45, 7) is -0.780. The van der Waals surface area contributed by atoms with E-state index in [0.29, 0.717) is 16.6 Å². The van der Waals surface area contributed by atoms with Crippen LogP contribution >= 0.6 is 12.4 Å². The lowest BCUT2D eigenvalue weighted by molar-refractivity contribution is 0.0248. The number of aromatic nitrogens is 3. The van der Waals surface area contributed by atoms with Gasteiger partial charge in [-0.25, -0.2) is 14.4 Å². The quantitative estimate of drug-likeness (QED) is 0.524. The maximum atomic E-state index is 12.7. The van der Waals surface area contributed by atoms with Gasteiger partial charge >= 0.3 is 0 Å². The van der Waals surface area contributed by atoms with Gasteiger partial charge in [-0.3, -0.25) is 5.32 Å². The first-order valence-corrected chi connectivity index (χ1v) is 5.82. The molecule has 1 fully saturated rings. The molecular formula is C11H14ClFN4O3. The Balaban J connectivity index is 0.00000147. The van der Waals surface area contributed by atoms with E-state index in [-0.39, 0.29) is 18.3 Å². The fourth-order valence-corrected chi connectivity index (χ4v) is 2.46. The molecule has 2 aromatic rings. The predicted molar refractivity (Wildman–Crippen MR) is 70.5 cm³/mol. The van der Waals surface area contributed by atoms with E-state index in [4.69, 9.17) is 0 Å². The Hall–Kier alpha value is -1.48. The zero-order chi connectivity index (χ0) is 13.6. The van der Waals surface area contributed by atoms with Gasteiger partial charge in [0.25, 0.3) is 0 Å². The first-order valence-electron chi connectivity index (χ1n) is 5.82. The molecule has 0 unspecified atom stereocenters. The Bertz CT molecular complexity index is 610. The average Bonchev–Trinajstić information content (AvgIpc) is 2.94. The van der Waals surface area contributed by atoms with Crippen molar-refractivity contribution in [2.45, 2.75) is 24.3 Å². The van der Waals surface area contributed by atoms with Crippen LogP contribution in [0.15, 0.2) is 12.5 Å². The number of hydrogen-bond donors (Lipinski definition) is 5. The molecule has 0 aliphatic carbocycles. The third kappa shape index (κ3) is 2.10. The summed E-state index contributed by atoms with van der Waals surface area (Å²) >= 11 is 0. The highest BCUT2D eigenvalue weighted by molar-refractivity contribution is 5.85. The fraction of sp³-hybridized carbons (Fsp3) is 0.455. The first-order chi connectivity index (χ1) is 9.13. The van der Waals surface area contributed by atoms with Crippen LogP contribution in [0.25, 0.3) is 11.0 Å². The van der Waals surface area contributed by atoms with E-state index in [9.17, 15) is 19.7 Å². The Morgan fingerprint density at radius 1 is 1.25 bits per heavy atom. The molecule has 3 heterocycles. The molecule has 1 aliphatic rings. The molecular weight excluding hydrogens is 291 g/mol. The van der Waals surface area contributed by atoms with Crippen LogP contribution in [-0.4, -0.2) is 55.2 Å². The molecule has 0 amide bonds. The van der Waals surface area contributed by atoms with Gasteiger partial charge in [-0.05, 0) is 0 Å². The summed E-state index contributed by atoms with van der Waals surface area (Å²) in [4.78, 5) is 10.5.